The highest BCUT2D eigenvalue weighted by Gasteiger charge is 2.29. The van der Waals surface area contributed by atoms with Crippen molar-refractivity contribution in [1.29, 1.82) is 0 Å². The Morgan fingerprint density at radius 1 is 1.09 bits per heavy atom. The zero-order valence-corrected chi connectivity index (χ0v) is 17.9. The molecule has 4 aromatic rings. The van der Waals surface area contributed by atoms with Gasteiger partial charge in [-0.3, -0.25) is 19.7 Å². The van der Waals surface area contributed by atoms with Gasteiger partial charge in [-0.05, 0) is 24.3 Å². The van der Waals surface area contributed by atoms with Crippen LogP contribution in [0.5, 0.6) is 5.88 Å². The predicted octanol–water partition coefficient (Wildman–Crippen LogP) is 2.60. The monoisotopic (exact) mass is 477 g/mol. The highest BCUT2D eigenvalue weighted by atomic mass is 16.6. The molecule has 1 amide bonds. The Hall–Kier alpha value is -5.26. The lowest BCUT2D eigenvalue weighted by Gasteiger charge is -2.14. The number of ether oxygens (including phenoxy) is 1. The minimum atomic E-state index is -1.22. The molecule has 0 saturated carbocycles. The quantitative estimate of drug-likeness (QED) is 0.249. The van der Waals surface area contributed by atoms with Crippen LogP contribution >= 0.6 is 0 Å². The molecule has 2 heterocycles. The average Bonchev–Trinajstić information content (AvgIpc) is 2.85. The van der Waals surface area contributed by atoms with Crippen molar-refractivity contribution in [2.45, 2.75) is 0 Å². The number of pyridine rings is 1. The fourth-order valence-electron chi connectivity index (χ4n) is 3.43. The number of amides is 1. The third-order valence-electron chi connectivity index (χ3n) is 5.04. The number of nitro groups is 1. The molecule has 0 radical (unpaired) electrons. The average molecular weight is 477 g/mol. The Morgan fingerprint density at radius 2 is 1.74 bits per heavy atom. The Kier molecular flexibility index (Phi) is 5.85. The molecular formula is C23H15N3O9. The number of hydrogen-bond acceptors (Lipinski definition) is 9. The van der Waals surface area contributed by atoms with Gasteiger partial charge in [0.2, 0.25) is 5.88 Å². The summed E-state index contributed by atoms with van der Waals surface area (Å²) in [5.74, 6) is -2.75. The molecule has 0 fully saturated rings. The SMILES string of the molecule is COC(=O)c1c(=O)n(-c2ccccc2[N+](=O)[O-])c(O)c2cc(NC(=O)c3ccccc3)c(=O)oc12. The maximum atomic E-state index is 13.2. The van der Waals surface area contributed by atoms with E-state index in [-0.39, 0.29) is 16.6 Å². The van der Waals surface area contributed by atoms with Crippen LogP contribution in [-0.2, 0) is 4.74 Å². The van der Waals surface area contributed by atoms with E-state index in [4.69, 9.17) is 4.42 Å². The predicted molar refractivity (Wildman–Crippen MR) is 122 cm³/mol. The van der Waals surface area contributed by atoms with Crippen molar-refractivity contribution < 1.29 is 28.8 Å². The number of para-hydroxylation sites is 2. The van der Waals surface area contributed by atoms with Crippen LogP contribution in [0, 0.1) is 10.1 Å². The highest BCUT2D eigenvalue weighted by Crippen LogP contribution is 2.32. The van der Waals surface area contributed by atoms with Crippen LogP contribution in [0.2, 0.25) is 0 Å². The third-order valence-corrected chi connectivity index (χ3v) is 5.04. The number of nitrogens with one attached hydrogen (secondary N) is 1. The lowest BCUT2D eigenvalue weighted by Crippen LogP contribution is -2.28. The minimum absolute atomic E-state index is 0.219. The van der Waals surface area contributed by atoms with E-state index in [0.717, 1.165) is 19.2 Å². The van der Waals surface area contributed by atoms with Crippen molar-refractivity contribution in [3.8, 4) is 11.6 Å². The smallest absolute Gasteiger partial charge is 0.360 e. The molecule has 0 unspecified atom stereocenters. The second-order valence-corrected chi connectivity index (χ2v) is 7.09. The molecule has 12 nitrogen and oxygen atoms in total. The third kappa shape index (κ3) is 3.99. The van der Waals surface area contributed by atoms with Gasteiger partial charge in [-0.15, -0.1) is 0 Å². The molecular weight excluding hydrogens is 462 g/mol. The first-order valence-electron chi connectivity index (χ1n) is 9.89. The summed E-state index contributed by atoms with van der Waals surface area (Å²) in [6.07, 6.45) is 0. The lowest BCUT2D eigenvalue weighted by atomic mass is 10.1. The number of rotatable bonds is 5. The van der Waals surface area contributed by atoms with Crippen LogP contribution in [0.4, 0.5) is 11.4 Å². The number of methoxy groups -OCH3 is 1. The van der Waals surface area contributed by atoms with E-state index in [1.54, 1.807) is 18.2 Å². The number of nitro benzene ring substituents is 1. The molecule has 2 N–H and O–H groups in total. The summed E-state index contributed by atoms with van der Waals surface area (Å²) in [6.45, 7) is 0. The van der Waals surface area contributed by atoms with Crippen LogP contribution in [-0.4, -0.2) is 33.6 Å². The molecule has 0 aliphatic rings. The van der Waals surface area contributed by atoms with E-state index < -0.39 is 56.4 Å². The largest absolute Gasteiger partial charge is 0.494 e. The summed E-state index contributed by atoms with van der Waals surface area (Å²) < 4.78 is 10.3. The lowest BCUT2D eigenvalue weighted by molar-refractivity contribution is -0.384. The van der Waals surface area contributed by atoms with Gasteiger partial charge in [0.1, 0.15) is 11.4 Å². The van der Waals surface area contributed by atoms with Crippen LogP contribution < -0.4 is 16.5 Å². The molecule has 12 heteroatoms. The van der Waals surface area contributed by atoms with Crippen molar-refractivity contribution >= 4 is 34.2 Å². The standard InChI is InChI=1S/C23H15N3O9/c1-34-23(31)17-18-13(11-14(22(30)35-18)24-19(27)12-7-3-2-4-8-12)20(28)25(21(17)29)15-9-5-6-10-16(15)26(32)33/h2-11,28H,1H3,(H,24,27). The number of hydrogen-bond donors (Lipinski definition) is 2. The zero-order chi connectivity index (χ0) is 25.3. The molecule has 0 spiro atoms. The molecule has 4 rings (SSSR count). The Bertz CT molecular complexity index is 1620. The fourth-order valence-corrected chi connectivity index (χ4v) is 3.43. The number of carbonyl (C=O) groups is 2. The van der Waals surface area contributed by atoms with Gasteiger partial charge in [0, 0.05) is 11.6 Å². The first-order chi connectivity index (χ1) is 16.7. The number of benzene rings is 2. The molecule has 35 heavy (non-hydrogen) atoms. The van der Waals surface area contributed by atoms with Gasteiger partial charge >= 0.3 is 11.6 Å². The molecule has 0 aliphatic heterocycles. The van der Waals surface area contributed by atoms with Gasteiger partial charge in [0.05, 0.1) is 17.4 Å². The van der Waals surface area contributed by atoms with Crippen LogP contribution in [0.15, 0.2) is 74.7 Å². The van der Waals surface area contributed by atoms with E-state index >= 15 is 0 Å². The van der Waals surface area contributed by atoms with Gasteiger partial charge in [-0.2, -0.15) is 0 Å². The van der Waals surface area contributed by atoms with Crippen LogP contribution in [0.1, 0.15) is 20.7 Å². The summed E-state index contributed by atoms with van der Waals surface area (Å²) >= 11 is 0. The maximum absolute atomic E-state index is 13.2. The zero-order valence-electron chi connectivity index (χ0n) is 17.9. The second kappa shape index (κ2) is 8.94. The maximum Gasteiger partial charge on any atom is 0.360 e. The van der Waals surface area contributed by atoms with E-state index in [2.05, 4.69) is 10.1 Å². The van der Waals surface area contributed by atoms with Crippen molar-refractivity contribution in [2.24, 2.45) is 0 Å². The van der Waals surface area contributed by atoms with E-state index in [0.29, 0.717) is 4.57 Å². The molecule has 0 atom stereocenters. The molecule has 176 valence electrons. The van der Waals surface area contributed by atoms with Gasteiger partial charge in [-0.25, -0.2) is 14.2 Å². The summed E-state index contributed by atoms with van der Waals surface area (Å²) in [6, 6.07) is 13.9. The van der Waals surface area contributed by atoms with Gasteiger partial charge in [0.15, 0.2) is 11.1 Å². The van der Waals surface area contributed by atoms with Gasteiger partial charge < -0.3 is 19.6 Å². The summed E-state index contributed by atoms with van der Waals surface area (Å²) in [5, 5.41) is 24.5. The normalized spacial score (nSPS) is 10.7. The Balaban J connectivity index is 2.03. The topological polar surface area (TPSA) is 171 Å². The van der Waals surface area contributed by atoms with Gasteiger partial charge in [-0.1, -0.05) is 30.3 Å². The fraction of sp³-hybridized carbons (Fsp3) is 0.0435. The molecule has 0 aliphatic carbocycles. The van der Waals surface area contributed by atoms with Crippen molar-refractivity contribution in [1.82, 2.24) is 4.57 Å². The number of aromatic nitrogens is 1. The van der Waals surface area contributed by atoms with Crippen molar-refractivity contribution in [2.75, 3.05) is 12.4 Å². The minimum Gasteiger partial charge on any atom is -0.494 e. The summed E-state index contributed by atoms with van der Waals surface area (Å²) in [4.78, 5) is 61.5. The van der Waals surface area contributed by atoms with Crippen molar-refractivity contribution in [3.63, 3.8) is 0 Å². The highest BCUT2D eigenvalue weighted by molar-refractivity contribution is 6.06. The first kappa shape index (κ1) is 22.9. The Labute approximate surface area is 194 Å². The number of aromatic hydroxyl groups is 1. The Morgan fingerprint density at radius 3 is 2.40 bits per heavy atom. The van der Waals surface area contributed by atoms with E-state index in [9.17, 15) is 34.4 Å². The summed E-state index contributed by atoms with van der Waals surface area (Å²) in [5.41, 5.74) is -4.83. The van der Waals surface area contributed by atoms with Crippen LogP contribution in [0.25, 0.3) is 16.7 Å². The first-order valence-corrected chi connectivity index (χ1v) is 9.89. The number of esters is 1. The second-order valence-electron chi connectivity index (χ2n) is 7.09. The number of anilines is 1. The van der Waals surface area contributed by atoms with E-state index in [1.165, 1.54) is 30.3 Å². The molecule has 0 saturated heterocycles. The molecule has 0 bridgehead atoms. The molecule has 2 aromatic heterocycles. The summed E-state index contributed by atoms with van der Waals surface area (Å²) in [7, 11) is 0.975. The van der Waals surface area contributed by atoms with Crippen molar-refractivity contribution in [3.05, 3.63) is 103 Å². The molecule has 2 aromatic carbocycles. The van der Waals surface area contributed by atoms with Gasteiger partial charge in [0.25, 0.3) is 17.2 Å². The van der Waals surface area contributed by atoms with Crippen LogP contribution in [0.3, 0.4) is 0 Å². The number of fused-ring (bicyclic) bond motifs is 1. The van der Waals surface area contributed by atoms with E-state index in [1.807, 2.05) is 0 Å². The number of nitrogens with zero attached hydrogens (tertiary/aromatic N) is 2. The number of carbonyl (C=O) groups excluding carboxylic acids is 2.